The third-order valence-corrected chi connectivity index (χ3v) is 8.09. The highest BCUT2D eigenvalue weighted by atomic mass is 32.2. The SMILES string of the molecule is COC(=O)/C=C(/CC1CCN(C(=O)OC(C)(C)C)CC1)OS(=O)(=O)C(F)(F)F.COC(=O)CC(=O)CC1CCN(C(=O)OC(C)(C)C)CC1.F.FF.FF. The summed E-state index contributed by atoms with van der Waals surface area (Å²) < 4.78 is 116. The number of nitrogens with zero attached hydrogens (tertiary/aromatic N) is 2. The first-order chi connectivity index (χ1) is 24.4. The van der Waals surface area contributed by atoms with Gasteiger partial charge in [-0.15, -0.1) is 0 Å². The second kappa shape index (κ2) is 25.2. The number of piperidine rings is 2. The molecule has 2 saturated heterocycles. The monoisotopic (exact) mass is 826 g/mol. The lowest BCUT2D eigenvalue weighted by molar-refractivity contribution is -0.143. The van der Waals surface area contributed by atoms with Gasteiger partial charge in [-0.2, -0.15) is 21.6 Å². The van der Waals surface area contributed by atoms with Gasteiger partial charge in [0.05, 0.1) is 20.3 Å². The number of halogens is 8. The van der Waals surface area contributed by atoms with E-state index in [0.29, 0.717) is 38.4 Å². The molecule has 0 radical (unpaired) electrons. The van der Waals surface area contributed by atoms with E-state index in [9.17, 15) is 45.6 Å². The topological polar surface area (TPSA) is 172 Å². The van der Waals surface area contributed by atoms with Crippen LogP contribution in [-0.4, -0.2) is 105 Å². The van der Waals surface area contributed by atoms with Crippen molar-refractivity contribution in [2.24, 2.45) is 11.8 Å². The van der Waals surface area contributed by atoms with Crippen LogP contribution >= 0.6 is 0 Å². The summed E-state index contributed by atoms with van der Waals surface area (Å²) in [6.07, 6.45) is 1.99. The molecular weight excluding hydrogens is 776 g/mol. The van der Waals surface area contributed by atoms with Crippen molar-refractivity contribution in [3.05, 3.63) is 11.8 Å². The number of hydrogen-bond acceptors (Lipinski definition) is 12. The molecule has 0 aromatic carbocycles. The van der Waals surface area contributed by atoms with Crippen molar-refractivity contribution in [2.75, 3.05) is 40.4 Å². The summed E-state index contributed by atoms with van der Waals surface area (Å²) in [7, 11) is -3.64. The Kier molecular flexibility index (Phi) is 25.4. The predicted molar refractivity (Wildman–Crippen MR) is 175 cm³/mol. The molecule has 54 heavy (non-hydrogen) atoms. The van der Waals surface area contributed by atoms with Gasteiger partial charge < -0.3 is 32.9 Å². The number of alkyl halides is 3. The molecule has 2 aliphatic heterocycles. The number of Topliss-reactive ketones (excluding diaryl/α,β-unsaturated/α-hetero) is 1. The summed E-state index contributed by atoms with van der Waals surface area (Å²) >= 11 is 0. The average Bonchev–Trinajstić information content (AvgIpc) is 3.05. The minimum Gasteiger partial charge on any atom is -0.469 e. The smallest absolute Gasteiger partial charge is 0.469 e. The summed E-state index contributed by atoms with van der Waals surface area (Å²) in [6.45, 7) is 12.4. The van der Waals surface area contributed by atoms with Crippen LogP contribution in [0.3, 0.4) is 0 Å². The number of ketones is 1. The second-order valence-corrected chi connectivity index (χ2v) is 15.2. The zero-order chi connectivity index (χ0) is 41.8. The first kappa shape index (κ1) is 54.4. The molecule has 0 atom stereocenters. The van der Waals surface area contributed by atoms with Crippen LogP contribution in [0.4, 0.5) is 45.8 Å². The van der Waals surface area contributed by atoms with Gasteiger partial charge in [-0.25, -0.2) is 14.4 Å². The van der Waals surface area contributed by atoms with Gasteiger partial charge in [0.25, 0.3) is 0 Å². The lowest BCUT2D eigenvalue weighted by Crippen LogP contribution is -2.42. The van der Waals surface area contributed by atoms with Crippen molar-refractivity contribution in [1.82, 2.24) is 9.80 Å². The van der Waals surface area contributed by atoms with E-state index in [1.807, 2.05) is 20.8 Å². The van der Waals surface area contributed by atoms with Crippen molar-refractivity contribution in [3.8, 4) is 0 Å². The number of carbonyl (C=O) groups excluding carboxylic acids is 5. The Morgan fingerprint density at radius 1 is 0.685 bits per heavy atom. The van der Waals surface area contributed by atoms with Gasteiger partial charge in [0, 0.05) is 57.3 Å². The summed E-state index contributed by atoms with van der Waals surface area (Å²) in [6, 6.07) is 0. The quantitative estimate of drug-likeness (QED) is 0.0343. The van der Waals surface area contributed by atoms with Gasteiger partial charge in [0.1, 0.15) is 29.2 Å². The highest BCUT2D eigenvalue weighted by Gasteiger charge is 2.49. The highest BCUT2D eigenvalue weighted by Crippen LogP contribution is 2.31. The normalized spacial score (nSPS) is 15.6. The minimum absolute atomic E-state index is 0. The fraction of sp³-hybridized carbons (Fsp3) is 0.774. The standard InChI is InChI=1S/C16H24F3NO7S.C15H25NO5.2F2.FH/c1-15(2,3)26-14(22)20-7-5-11(6-8-20)9-12(10-13(21)25-4)27-28(23,24)16(17,18)19;1-15(2,3)21-14(19)16-7-5-11(6-8-16)9-12(17)10-13(18)20-4;2*1-2;/h10-11H,5-9H2,1-4H3;11H,5-10H2,1-4H3;;;1H/b12-10-;;;;. The lowest BCUT2D eigenvalue weighted by Gasteiger charge is -2.33. The Hall–Kier alpha value is -3.92. The Balaban J connectivity index is -0.000000893. The van der Waals surface area contributed by atoms with Crippen LogP contribution in [0.2, 0.25) is 0 Å². The predicted octanol–water partition coefficient (Wildman–Crippen LogP) is 6.94. The molecule has 318 valence electrons. The van der Waals surface area contributed by atoms with Gasteiger partial charge in [-0.05, 0) is 79.1 Å². The van der Waals surface area contributed by atoms with Gasteiger partial charge in [-0.3, -0.25) is 14.3 Å². The van der Waals surface area contributed by atoms with Crippen LogP contribution in [0, 0.1) is 11.8 Å². The maximum absolute atomic E-state index is 12.6. The molecule has 0 spiro atoms. The fourth-order valence-electron chi connectivity index (χ4n) is 4.70. The molecule has 0 aliphatic carbocycles. The number of ether oxygens (including phenoxy) is 4. The second-order valence-electron chi connectivity index (χ2n) is 13.6. The number of methoxy groups -OCH3 is 2. The van der Waals surface area contributed by atoms with E-state index in [2.05, 4.69) is 13.7 Å². The van der Waals surface area contributed by atoms with Crippen molar-refractivity contribution in [3.63, 3.8) is 0 Å². The molecule has 14 nitrogen and oxygen atoms in total. The number of allylic oxidation sites excluding steroid dienone is 1. The third kappa shape index (κ3) is 23.0. The zero-order valence-corrected chi connectivity index (χ0v) is 32.1. The van der Waals surface area contributed by atoms with Gasteiger partial charge in [0.2, 0.25) is 0 Å². The van der Waals surface area contributed by atoms with E-state index in [4.69, 9.17) is 27.8 Å². The summed E-state index contributed by atoms with van der Waals surface area (Å²) in [5.41, 5.74) is -6.78. The maximum Gasteiger partial charge on any atom is 0.534 e. The molecule has 0 bridgehead atoms. The number of amides is 2. The van der Waals surface area contributed by atoms with Crippen LogP contribution in [0.25, 0.3) is 0 Å². The van der Waals surface area contributed by atoms with Crippen molar-refractivity contribution >= 4 is 40.0 Å². The molecular formula is C31H50F8N2O12S. The molecule has 2 aliphatic rings. The van der Waals surface area contributed by atoms with Gasteiger partial charge in [0.15, 0.2) is 0 Å². The molecule has 2 rings (SSSR count). The number of rotatable bonds is 9. The zero-order valence-electron chi connectivity index (χ0n) is 31.3. The molecule has 0 N–H and O–H groups in total. The fourth-order valence-corrected chi connectivity index (χ4v) is 5.19. The molecule has 0 unspecified atom stereocenters. The summed E-state index contributed by atoms with van der Waals surface area (Å²) in [4.78, 5) is 61.1. The lowest BCUT2D eigenvalue weighted by atomic mass is 9.91. The maximum atomic E-state index is 12.6. The van der Waals surface area contributed by atoms with Crippen molar-refractivity contribution in [1.29, 1.82) is 0 Å². The van der Waals surface area contributed by atoms with E-state index in [0.717, 1.165) is 20.0 Å². The van der Waals surface area contributed by atoms with Gasteiger partial charge in [-0.1, -0.05) is 0 Å². The summed E-state index contributed by atoms with van der Waals surface area (Å²) in [5.74, 6) is -2.37. The number of likely N-dealkylation sites (tertiary alicyclic amines) is 2. The molecule has 0 aromatic heterocycles. The molecule has 0 saturated carbocycles. The number of hydrogen-bond donors (Lipinski definition) is 0. The molecule has 23 heteroatoms. The van der Waals surface area contributed by atoms with E-state index in [1.54, 1.807) is 25.7 Å². The van der Waals surface area contributed by atoms with Crippen LogP contribution in [0.15, 0.2) is 11.8 Å². The molecule has 0 aromatic rings. The van der Waals surface area contributed by atoms with E-state index >= 15 is 0 Å². The molecule has 2 fully saturated rings. The van der Waals surface area contributed by atoms with Gasteiger partial charge >= 0.3 is 39.8 Å². The van der Waals surface area contributed by atoms with Crippen LogP contribution in [-0.2, 0) is 47.6 Å². The Morgan fingerprint density at radius 3 is 1.37 bits per heavy atom. The highest BCUT2D eigenvalue weighted by molar-refractivity contribution is 7.87. The van der Waals surface area contributed by atoms with Crippen LogP contribution in [0.5, 0.6) is 0 Å². The first-order valence-corrected chi connectivity index (χ1v) is 17.4. The van der Waals surface area contributed by atoms with Crippen LogP contribution < -0.4 is 0 Å². The Bertz CT molecular complexity index is 1300. The van der Waals surface area contributed by atoms with Crippen molar-refractivity contribution in [2.45, 2.75) is 103 Å². The molecule has 2 heterocycles. The summed E-state index contributed by atoms with van der Waals surface area (Å²) in [5, 5.41) is 0. The first-order valence-electron chi connectivity index (χ1n) is 16.0. The average molecular weight is 827 g/mol. The van der Waals surface area contributed by atoms with Crippen LogP contribution in [0.1, 0.15) is 86.5 Å². The third-order valence-electron chi connectivity index (χ3n) is 7.09. The van der Waals surface area contributed by atoms with E-state index in [-0.39, 0.29) is 54.3 Å². The Morgan fingerprint density at radius 2 is 1.06 bits per heavy atom. The Labute approximate surface area is 308 Å². The number of carbonyl (C=O) groups is 5. The van der Waals surface area contributed by atoms with E-state index < -0.39 is 50.6 Å². The van der Waals surface area contributed by atoms with E-state index in [1.165, 1.54) is 12.0 Å². The number of esters is 2. The van der Waals surface area contributed by atoms with Crippen molar-refractivity contribution < 1.29 is 91.7 Å². The molecule has 2 amide bonds. The minimum atomic E-state index is -5.91. The largest absolute Gasteiger partial charge is 0.534 e.